The van der Waals surface area contributed by atoms with Gasteiger partial charge in [0.2, 0.25) is 0 Å². The maximum absolute atomic E-state index is 4.53. The van der Waals surface area contributed by atoms with Gasteiger partial charge in [-0.3, -0.25) is 4.68 Å². The summed E-state index contributed by atoms with van der Waals surface area (Å²) in [5, 5.41) is 10.4. The molecule has 2 heterocycles. The van der Waals surface area contributed by atoms with Gasteiger partial charge < -0.3 is 5.32 Å². The third kappa shape index (κ3) is 3.79. The molecule has 2 aromatic heterocycles. The molecule has 19 heavy (non-hydrogen) atoms. The first-order valence-electron chi connectivity index (χ1n) is 6.63. The number of aromatic nitrogens is 2. The van der Waals surface area contributed by atoms with Crippen molar-refractivity contribution in [3.8, 4) is 0 Å². The Morgan fingerprint density at radius 1 is 1.42 bits per heavy atom. The first kappa shape index (κ1) is 15.0. The van der Waals surface area contributed by atoms with Gasteiger partial charge in [0, 0.05) is 25.2 Å². The summed E-state index contributed by atoms with van der Waals surface area (Å²) in [6.07, 6.45) is 1.99. The van der Waals surface area contributed by atoms with E-state index in [1.165, 1.54) is 19.8 Å². The Labute approximate surface area is 132 Å². The van der Waals surface area contributed by atoms with Crippen LogP contribution in [0.25, 0.3) is 0 Å². The zero-order valence-corrected chi connectivity index (χ0v) is 14.6. The van der Waals surface area contributed by atoms with Gasteiger partial charge >= 0.3 is 0 Å². The Hall–Kier alpha value is -0.400. The molecule has 2 rings (SSSR count). The summed E-state index contributed by atoms with van der Waals surface area (Å²) in [6, 6.07) is 4.88. The molecule has 5 heteroatoms. The fraction of sp³-hybridized carbons (Fsp3) is 0.500. The number of thiophene rings is 1. The van der Waals surface area contributed by atoms with E-state index < -0.39 is 0 Å². The molecule has 3 nitrogen and oxygen atoms in total. The number of nitrogens with one attached hydrogen (secondary N) is 1. The molecule has 1 unspecified atom stereocenters. The van der Waals surface area contributed by atoms with Crippen LogP contribution in [-0.4, -0.2) is 16.3 Å². The Kier molecular flexibility index (Phi) is 5.41. The van der Waals surface area contributed by atoms with Gasteiger partial charge in [-0.1, -0.05) is 13.8 Å². The number of aryl methyl sites for hydroxylation is 2. The smallest absolute Gasteiger partial charge is 0.0656 e. The molecule has 0 aliphatic rings. The molecule has 0 spiro atoms. The van der Waals surface area contributed by atoms with Crippen molar-refractivity contribution in [3.63, 3.8) is 0 Å². The lowest BCUT2D eigenvalue weighted by molar-refractivity contribution is 0.530. The van der Waals surface area contributed by atoms with Crippen LogP contribution in [0.5, 0.6) is 0 Å². The Morgan fingerprint density at radius 3 is 2.74 bits per heavy atom. The number of hydrogen-bond acceptors (Lipinski definition) is 3. The van der Waals surface area contributed by atoms with Crippen LogP contribution in [0.2, 0.25) is 0 Å². The van der Waals surface area contributed by atoms with Crippen LogP contribution < -0.4 is 5.32 Å². The molecule has 0 saturated heterocycles. The zero-order valence-electron chi connectivity index (χ0n) is 11.6. The molecule has 2 aromatic rings. The van der Waals surface area contributed by atoms with Crippen LogP contribution in [0.4, 0.5) is 0 Å². The van der Waals surface area contributed by atoms with Crippen molar-refractivity contribution in [1.29, 1.82) is 0 Å². The number of likely N-dealkylation sites (N-methyl/N-ethyl adjacent to an activating group) is 1. The fourth-order valence-corrected chi connectivity index (χ4v) is 3.63. The lowest BCUT2D eigenvalue weighted by Gasteiger charge is -2.16. The van der Waals surface area contributed by atoms with E-state index in [1.54, 1.807) is 0 Å². The highest BCUT2D eigenvalue weighted by molar-refractivity contribution is 14.1. The van der Waals surface area contributed by atoms with Crippen LogP contribution in [0.3, 0.4) is 0 Å². The predicted molar refractivity (Wildman–Crippen MR) is 89.7 cm³/mol. The number of rotatable bonds is 6. The van der Waals surface area contributed by atoms with Crippen LogP contribution in [0.15, 0.2) is 17.5 Å². The highest BCUT2D eigenvalue weighted by Gasteiger charge is 2.15. The molecule has 0 bridgehead atoms. The third-order valence-electron chi connectivity index (χ3n) is 3.24. The summed E-state index contributed by atoms with van der Waals surface area (Å²) >= 11 is 4.19. The molecule has 0 radical (unpaired) electrons. The van der Waals surface area contributed by atoms with E-state index in [1.807, 2.05) is 23.1 Å². The summed E-state index contributed by atoms with van der Waals surface area (Å²) in [5.74, 6) is 0. The minimum absolute atomic E-state index is 0.380. The van der Waals surface area contributed by atoms with Crippen molar-refractivity contribution in [1.82, 2.24) is 15.1 Å². The fourth-order valence-electron chi connectivity index (χ4n) is 2.20. The van der Waals surface area contributed by atoms with E-state index in [2.05, 4.69) is 64.4 Å². The van der Waals surface area contributed by atoms with Gasteiger partial charge in [-0.2, -0.15) is 5.10 Å². The third-order valence-corrected chi connectivity index (χ3v) is 5.05. The van der Waals surface area contributed by atoms with Crippen molar-refractivity contribution in [3.05, 3.63) is 37.3 Å². The largest absolute Gasteiger partial charge is 0.310 e. The Balaban J connectivity index is 2.18. The molecule has 0 aliphatic heterocycles. The SMILES string of the molecule is CCNC(Cc1cc(CC)nn1C)c1csc(I)c1. The first-order valence-corrected chi connectivity index (χ1v) is 8.59. The highest BCUT2D eigenvalue weighted by atomic mass is 127. The molecule has 0 aliphatic carbocycles. The molecular weight excluding hydrogens is 369 g/mol. The van der Waals surface area contributed by atoms with Gasteiger partial charge in [0.15, 0.2) is 0 Å². The minimum Gasteiger partial charge on any atom is -0.310 e. The maximum Gasteiger partial charge on any atom is 0.0656 e. The molecule has 0 fully saturated rings. The quantitative estimate of drug-likeness (QED) is 0.766. The standard InChI is InChI=1S/C14H20IN3S/c1-4-11-7-12(18(3)17-11)8-13(16-5-2)10-6-14(15)19-9-10/h6-7,9,13,16H,4-5,8H2,1-3H3. The lowest BCUT2D eigenvalue weighted by Crippen LogP contribution is -2.23. The van der Waals surface area contributed by atoms with Crippen LogP contribution in [0, 0.1) is 2.88 Å². The summed E-state index contributed by atoms with van der Waals surface area (Å²) in [6.45, 7) is 5.29. The number of halogens is 1. The average Bonchev–Trinajstić information content (AvgIpc) is 2.96. The van der Waals surface area contributed by atoms with Crippen molar-refractivity contribution in [2.24, 2.45) is 7.05 Å². The summed E-state index contributed by atoms with van der Waals surface area (Å²) in [5.41, 5.74) is 3.85. The second-order valence-electron chi connectivity index (χ2n) is 4.60. The van der Waals surface area contributed by atoms with Gasteiger partial charge in [0.1, 0.15) is 0 Å². The molecule has 104 valence electrons. The second kappa shape index (κ2) is 6.85. The van der Waals surface area contributed by atoms with Crippen LogP contribution in [-0.2, 0) is 19.9 Å². The van der Waals surface area contributed by atoms with Crippen LogP contribution in [0.1, 0.15) is 36.8 Å². The van der Waals surface area contributed by atoms with Crippen LogP contribution >= 0.6 is 33.9 Å². The van der Waals surface area contributed by atoms with Gasteiger partial charge in [-0.25, -0.2) is 0 Å². The Bertz CT molecular complexity index is 533. The zero-order chi connectivity index (χ0) is 13.8. The predicted octanol–water partition coefficient (Wildman–Crippen LogP) is 3.54. The van der Waals surface area contributed by atoms with E-state index in [0.717, 1.165) is 19.4 Å². The minimum atomic E-state index is 0.380. The highest BCUT2D eigenvalue weighted by Crippen LogP contribution is 2.25. The van der Waals surface area contributed by atoms with Crippen molar-refractivity contribution in [2.45, 2.75) is 32.7 Å². The molecule has 0 amide bonds. The van der Waals surface area contributed by atoms with Gasteiger partial charge in [-0.05, 0) is 58.6 Å². The molecule has 0 saturated carbocycles. The van der Waals surface area contributed by atoms with Gasteiger partial charge in [0.05, 0.1) is 8.58 Å². The lowest BCUT2D eigenvalue weighted by atomic mass is 10.0. The molecule has 1 atom stereocenters. The number of nitrogens with zero attached hydrogens (tertiary/aromatic N) is 2. The Morgan fingerprint density at radius 2 is 2.21 bits per heavy atom. The van der Waals surface area contributed by atoms with Crippen molar-refractivity contribution < 1.29 is 0 Å². The molecule has 0 aromatic carbocycles. The van der Waals surface area contributed by atoms with Crippen molar-refractivity contribution >= 4 is 33.9 Å². The van der Waals surface area contributed by atoms with Gasteiger partial charge in [-0.15, -0.1) is 11.3 Å². The summed E-state index contributed by atoms with van der Waals surface area (Å²) < 4.78 is 3.36. The number of hydrogen-bond donors (Lipinski definition) is 1. The first-order chi connectivity index (χ1) is 9.13. The average molecular weight is 389 g/mol. The molecular formula is C14H20IN3S. The van der Waals surface area contributed by atoms with E-state index in [-0.39, 0.29) is 0 Å². The topological polar surface area (TPSA) is 29.9 Å². The van der Waals surface area contributed by atoms with E-state index >= 15 is 0 Å². The monoisotopic (exact) mass is 389 g/mol. The van der Waals surface area contributed by atoms with Crippen molar-refractivity contribution in [2.75, 3.05) is 6.54 Å². The molecule has 1 N–H and O–H groups in total. The van der Waals surface area contributed by atoms with E-state index in [0.29, 0.717) is 6.04 Å². The van der Waals surface area contributed by atoms with E-state index in [4.69, 9.17) is 0 Å². The second-order valence-corrected chi connectivity index (χ2v) is 7.41. The normalized spacial score (nSPS) is 12.8. The van der Waals surface area contributed by atoms with E-state index in [9.17, 15) is 0 Å². The van der Waals surface area contributed by atoms with Gasteiger partial charge in [0.25, 0.3) is 0 Å². The maximum atomic E-state index is 4.53. The summed E-state index contributed by atoms with van der Waals surface area (Å²) in [4.78, 5) is 0. The summed E-state index contributed by atoms with van der Waals surface area (Å²) in [7, 11) is 2.04.